The molecule has 2 aromatic rings. The molecule has 1 aromatic heterocycles. The van der Waals surface area contributed by atoms with E-state index < -0.39 is 0 Å². The Hall–Kier alpha value is -1.88. The van der Waals surface area contributed by atoms with Gasteiger partial charge in [0.05, 0.1) is 0 Å². The van der Waals surface area contributed by atoms with Gasteiger partial charge in [0, 0.05) is 18.4 Å². The molecule has 0 unspecified atom stereocenters. The highest BCUT2D eigenvalue weighted by Crippen LogP contribution is 2.17. The highest BCUT2D eigenvalue weighted by molar-refractivity contribution is 7.11. The Bertz CT molecular complexity index is 698. The lowest BCUT2D eigenvalue weighted by atomic mass is 10.1. The van der Waals surface area contributed by atoms with Gasteiger partial charge < -0.3 is 9.88 Å². The molecule has 1 aromatic carbocycles. The Labute approximate surface area is 115 Å². The fourth-order valence-electron chi connectivity index (χ4n) is 1.74. The fraction of sp³-hybridized carbons (Fsp3) is 0.286. The molecule has 0 saturated carbocycles. The van der Waals surface area contributed by atoms with Gasteiger partial charge >= 0.3 is 4.87 Å². The second kappa shape index (κ2) is 5.01. The number of nitrogens with zero attached hydrogens (tertiary/aromatic N) is 1. The van der Waals surface area contributed by atoms with Gasteiger partial charge in [-0.1, -0.05) is 17.4 Å². The fourth-order valence-corrected chi connectivity index (χ4v) is 2.61. The highest BCUT2D eigenvalue weighted by Gasteiger charge is 2.15. The molecule has 0 aliphatic heterocycles. The van der Waals surface area contributed by atoms with Crippen LogP contribution < -0.4 is 10.2 Å². The number of rotatable bonds is 2. The first-order chi connectivity index (χ1) is 8.90. The average molecular weight is 276 g/mol. The summed E-state index contributed by atoms with van der Waals surface area (Å²) in [4.78, 5) is 24.0. The molecule has 19 heavy (non-hydrogen) atoms. The largest absolute Gasteiger partial charge is 0.321 e. The molecule has 0 atom stereocenters. The van der Waals surface area contributed by atoms with Crippen molar-refractivity contribution in [2.45, 2.75) is 20.8 Å². The molecule has 1 amide bonds. The average Bonchev–Trinajstić information content (AvgIpc) is 2.62. The summed E-state index contributed by atoms with van der Waals surface area (Å²) in [6.45, 7) is 5.79. The van der Waals surface area contributed by atoms with Gasteiger partial charge in [-0.3, -0.25) is 9.59 Å². The zero-order valence-corrected chi connectivity index (χ0v) is 12.2. The number of aryl methyl sites for hydroxylation is 2. The zero-order chi connectivity index (χ0) is 14.2. The number of aromatic nitrogens is 1. The second-order valence-corrected chi connectivity index (χ2v) is 5.56. The van der Waals surface area contributed by atoms with Crippen molar-refractivity contribution >= 4 is 22.9 Å². The Morgan fingerprint density at radius 2 is 1.89 bits per heavy atom. The molecule has 0 saturated heterocycles. The SMILES string of the molecule is Cc1ccc(NC(=O)c2sc(=O)n(C)c2C)cc1C. The van der Waals surface area contributed by atoms with E-state index in [1.165, 1.54) is 10.1 Å². The molecule has 2 rings (SSSR count). The summed E-state index contributed by atoms with van der Waals surface area (Å²) in [5, 5.41) is 2.83. The van der Waals surface area contributed by atoms with Gasteiger partial charge in [-0.2, -0.15) is 0 Å². The molecule has 1 N–H and O–H groups in total. The highest BCUT2D eigenvalue weighted by atomic mass is 32.1. The van der Waals surface area contributed by atoms with Gasteiger partial charge in [0.2, 0.25) is 0 Å². The van der Waals surface area contributed by atoms with Gasteiger partial charge in [-0.25, -0.2) is 0 Å². The Balaban J connectivity index is 2.28. The number of hydrogen-bond acceptors (Lipinski definition) is 3. The van der Waals surface area contributed by atoms with E-state index in [0.29, 0.717) is 10.6 Å². The van der Waals surface area contributed by atoms with Crippen LogP contribution in [0.15, 0.2) is 23.0 Å². The number of nitrogens with one attached hydrogen (secondary N) is 1. The lowest BCUT2D eigenvalue weighted by Gasteiger charge is -2.07. The summed E-state index contributed by atoms with van der Waals surface area (Å²) >= 11 is 0.971. The Morgan fingerprint density at radius 3 is 2.42 bits per heavy atom. The number of carbonyl (C=O) groups excluding carboxylic acids is 1. The van der Waals surface area contributed by atoms with Gasteiger partial charge in [0.15, 0.2) is 0 Å². The van der Waals surface area contributed by atoms with E-state index in [4.69, 9.17) is 0 Å². The van der Waals surface area contributed by atoms with Crippen LogP contribution in [0.2, 0.25) is 0 Å². The lowest BCUT2D eigenvalue weighted by Crippen LogP contribution is -2.13. The number of thiazole rings is 1. The third kappa shape index (κ3) is 2.61. The molecule has 0 bridgehead atoms. The summed E-state index contributed by atoms with van der Waals surface area (Å²) in [6.07, 6.45) is 0. The molecular weight excluding hydrogens is 260 g/mol. The third-order valence-electron chi connectivity index (χ3n) is 3.27. The number of anilines is 1. The Kier molecular flexibility index (Phi) is 3.57. The molecule has 0 radical (unpaired) electrons. The van der Waals surface area contributed by atoms with E-state index in [0.717, 1.165) is 22.6 Å². The van der Waals surface area contributed by atoms with Crippen LogP contribution in [0.5, 0.6) is 0 Å². The van der Waals surface area contributed by atoms with E-state index >= 15 is 0 Å². The maximum atomic E-state index is 12.1. The first kappa shape index (κ1) is 13.5. The summed E-state index contributed by atoms with van der Waals surface area (Å²) in [5.74, 6) is -0.233. The molecular formula is C14H16N2O2S. The molecule has 0 aliphatic rings. The first-order valence-electron chi connectivity index (χ1n) is 5.95. The molecule has 1 heterocycles. The van der Waals surface area contributed by atoms with Crippen molar-refractivity contribution in [3.05, 3.63) is 49.6 Å². The van der Waals surface area contributed by atoms with E-state index in [1.807, 2.05) is 32.0 Å². The minimum atomic E-state index is -0.233. The van der Waals surface area contributed by atoms with Gasteiger partial charge in [-0.15, -0.1) is 0 Å². The predicted molar refractivity (Wildman–Crippen MR) is 78.2 cm³/mol. The van der Waals surface area contributed by atoms with Gasteiger partial charge in [0.1, 0.15) is 4.88 Å². The van der Waals surface area contributed by atoms with Crippen LogP contribution in [-0.4, -0.2) is 10.5 Å². The summed E-state index contributed by atoms with van der Waals surface area (Å²) in [7, 11) is 1.67. The predicted octanol–water partition coefficient (Wildman–Crippen LogP) is 2.62. The summed E-state index contributed by atoms with van der Waals surface area (Å²) in [5.41, 5.74) is 3.74. The molecule has 4 nitrogen and oxygen atoms in total. The Morgan fingerprint density at radius 1 is 1.21 bits per heavy atom. The topological polar surface area (TPSA) is 51.1 Å². The normalized spacial score (nSPS) is 10.5. The smallest absolute Gasteiger partial charge is 0.307 e. The van der Waals surface area contributed by atoms with Gasteiger partial charge in [-0.05, 0) is 44.0 Å². The molecule has 0 aliphatic carbocycles. The van der Waals surface area contributed by atoms with Crippen LogP contribution in [0.4, 0.5) is 5.69 Å². The molecule has 0 fully saturated rings. The first-order valence-corrected chi connectivity index (χ1v) is 6.77. The second-order valence-electron chi connectivity index (χ2n) is 4.59. The van der Waals surface area contributed by atoms with E-state index in [-0.39, 0.29) is 10.8 Å². The van der Waals surface area contributed by atoms with Crippen molar-refractivity contribution in [3.8, 4) is 0 Å². The van der Waals surface area contributed by atoms with Crippen LogP contribution in [0.3, 0.4) is 0 Å². The van der Waals surface area contributed by atoms with Crippen molar-refractivity contribution < 1.29 is 4.79 Å². The minimum absolute atomic E-state index is 0.122. The van der Waals surface area contributed by atoms with Crippen LogP contribution in [0.25, 0.3) is 0 Å². The van der Waals surface area contributed by atoms with Crippen molar-refractivity contribution in [3.63, 3.8) is 0 Å². The van der Waals surface area contributed by atoms with E-state index in [9.17, 15) is 9.59 Å². The third-order valence-corrected chi connectivity index (χ3v) is 4.40. The molecule has 100 valence electrons. The monoisotopic (exact) mass is 276 g/mol. The maximum absolute atomic E-state index is 12.1. The van der Waals surface area contributed by atoms with Crippen LogP contribution in [0, 0.1) is 20.8 Å². The van der Waals surface area contributed by atoms with Crippen molar-refractivity contribution in [1.82, 2.24) is 4.57 Å². The number of benzene rings is 1. The van der Waals surface area contributed by atoms with Crippen LogP contribution in [0.1, 0.15) is 26.5 Å². The van der Waals surface area contributed by atoms with Gasteiger partial charge in [0.25, 0.3) is 5.91 Å². The van der Waals surface area contributed by atoms with Crippen molar-refractivity contribution in [2.24, 2.45) is 7.05 Å². The quantitative estimate of drug-likeness (QED) is 0.916. The van der Waals surface area contributed by atoms with Crippen molar-refractivity contribution in [2.75, 3.05) is 5.32 Å². The van der Waals surface area contributed by atoms with E-state index in [2.05, 4.69) is 5.32 Å². The number of carbonyl (C=O) groups is 1. The van der Waals surface area contributed by atoms with Crippen LogP contribution in [-0.2, 0) is 7.05 Å². The molecule has 0 spiro atoms. The number of hydrogen-bond donors (Lipinski definition) is 1. The maximum Gasteiger partial charge on any atom is 0.307 e. The molecule has 5 heteroatoms. The number of amides is 1. The van der Waals surface area contributed by atoms with Crippen molar-refractivity contribution in [1.29, 1.82) is 0 Å². The summed E-state index contributed by atoms with van der Waals surface area (Å²) in [6, 6.07) is 5.75. The van der Waals surface area contributed by atoms with E-state index in [1.54, 1.807) is 14.0 Å². The zero-order valence-electron chi connectivity index (χ0n) is 11.4. The minimum Gasteiger partial charge on any atom is -0.321 e. The van der Waals surface area contributed by atoms with Crippen LogP contribution >= 0.6 is 11.3 Å². The summed E-state index contributed by atoms with van der Waals surface area (Å²) < 4.78 is 1.49. The standard InChI is InChI=1S/C14H16N2O2S/c1-8-5-6-11(7-9(8)2)15-13(17)12-10(3)16(4)14(18)19-12/h5-7H,1-4H3,(H,15,17). The lowest BCUT2D eigenvalue weighted by molar-refractivity contribution is 0.102.